The van der Waals surface area contributed by atoms with Crippen molar-refractivity contribution in [2.45, 2.75) is 11.8 Å². The summed E-state index contributed by atoms with van der Waals surface area (Å²) in [5, 5.41) is 13.6. The lowest BCUT2D eigenvalue weighted by molar-refractivity contribution is 0.0696. The lowest BCUT2D eigenvalue weighted by Gasteiger charge is -2.07. The van der Waals surface area contributed by atoms with Gasteiger partial charge >= 0.3 is 5.97 Å². The van der Waals surface area contributed by atoms with Crippen LogP contribution in [0.4, 0.5) is 5.69 Å². The zero-order valence-electron chi connectivity index (χ0n) is 7.89. The number of hydrogen-bond donors (Lipinski definition) is 3. The van der Waals surface area contributed by atoms with E-state index in [1.165, 1.54) is 13.0 Å². The van der Waals surface area contributed by atoms with Crippen LogP contribution < -0.4 is 10.9 Å². The quantitative estimate of drug-likeness (QED) is 0.613. The molecule has 0 radical (unpaired) electrons. The molecule has 0 fully saturated rings. The molecule has 0 spiro atoms. The zero-order chi connectivity index (χ0) is 11.8. The van der Waals surface area contributed by atoms with Crippen molar-refractivity contribution in [3.63, 3.8) is 0 Å². The lowest BCUT2D eigenvalue weighted by Crippen LogP contribution is -2.15. The molecule has 6 nitrogen and oxygen atoms in total. The van der Waals surface area contributed by atoms with E-state index in [-0.39, 0.29) is 21.7 Å². The first-order chi connectivity index (χ1) is 6.73. The van der Waals surface area contributed by atoms with Crippen LogP contribution in [0.25, 0.3) is 0 Å². The van der Waals surface area contributed by atoms with E-state index in [2.05, 4.69) is 0 Å². The molecule has 1 rings (SSSR count). The molecule has 1 aromatic rings. The van der Waals surface area contributed by atoms with Crippen LogP contribution >= 0.6 is 0 Å². The molecule has 0 aliphatic heterocycles. The maximum atomic E-state index is 11.1. The molecule has 0 bridgehead atoms. The summed E-state index contributed by atoms with van der Waals surface area (Å²) < 4.78 is 22.2. The Balaban J connectivity index is 3.59. The molecule has 0 saturated carbocycles. The Labute approximate surface area is 86.6 Å². The van der Waals surface area contributed by atoms with E-state index >= 15 is 0 Å². The molecular weight excluding hydrogens is 220 g/mol. The van der Waals surface area contributed by atoms with E-state index in [1.54, 1.807) is 0 Å². The Hall–Kier alpha value is -1.60. The third-order valence-corrected chi connectivity index (χ3v) is 2.99. The van der Waals surface area contributed by atoms with E-state index in [1.807, 2.05) is 0 Å². The molecule has 0 aromatic heterocycles. The number of sulfonamides is 1. The molecule has 1 aromatic carbocycles. The zero-order valence-corrected chi connectivity index (χ0v) is 8.71. The van der Waals surface area contributed by atoms with Gasteiger partial charge in [-0.15, -0.1) is 0 Å². The first kappa shape index (κ1) is 11.5. The molecule has 15 heavy (non-hydrogen) atoms. The van der Waals surface area contributed by atoms with Gasteiger partial charge in [-0.05, 0) is 24.6 Å². The van der Waals surface area contributed by atoms with Gasteiger partial charge in [0.1, 0.15) is 0 Å². The van der Waals surface area contributed by atoms with Crippen LogP contribution in [0.15, 0.2) is 17.0 Å². The average molecular weight is 230 g/mol. The summed E-state index contributed by atoms with van der Waals surface area (Å²) >= 11 is 0. The van der Waals surface area contributed by atoms with Crippen molar-refractivity contribution in [3.05, 3.63) is 23.3 Å². The van der Waals surface area contributed by atoms with Gasteiger partial charge in [-0.1, -0.05) is 0 Å². The van der Waals surface area contributed by atoms with Gasteiger partial charge in [-0.25, -0.2) is 18.4 Å². The SMILES string of the molecule is Cc1c(N)cc(C(=O)O)cc1S(N)(=O)=O. The number of benzene rings is 1. The summed E-state index contributed by atoms with van der Waals surface area (Å²) in [4.78, 5) is 10.4. The van der Waals surface area contributed by atoms with Crippen molar-refractivity contribution >= 4 is 21.7 Å². The topological polar surface area (TPSA) is 123 Å². The van der Waals surface area contributed by atoms with Crippen molar-refractivity contribution in [3.8, 4) is 0 Å². The molecule has 0 amide bonds. The number of aromatic carboxylic acids is 1. The maximum absolute atomic E-state index is 11.1. The molecule has 5 N–H and O–H groups in total. The molecule has 0 unspecified atom stereocenters. The highest BCUT2D eigenvalue weighted by Gasteiger charge is 2.17. The largest absolute Gasteiger partial charge is 0.478 e. The minimum absolute atomic E-state index is 0.0823. The maximum Gasteiger partial charge on any atom is 0.335 e. The molecule has 0 atom stereocenters. The molecular formula is C8H10N2O4S. The fraction of sp³-hybridized carbons (Fsp3) is 0.125. The normalized spacial score (nSPS) is 11.3. The van der Waals surface area contributed by atoms with Crippen LogP contribution in [0.3, 0.4) is 0 Å². The van der Waals surface area contributed by atoms with E-state index in [9.17, 15) is 13.2 Å². The first-order valence-electron chi connectivity index (χ1n) is 3.89. The van der Waals surface area contributed by atoms with Gasteiger partial charge in [0.15, 0.2) is 0 Å². The Morgan fingerprint density at radius 2 is 1.93 bits per heavy atom. The van der Waals surface area contributed by atoms with Crippen molar-refractivity contribution in [2.75, 3.05) is 5.73 Å². The number of anilines is 1. The van der Waals surface area contributed by atoms with Crippen LogP contribution in [0.2, 0.25) is 0 Å². The van der Waals surface area contributed by atoms with Gasteiger partial charge in [0.05, 0.1) is 10.5 Å². The first-order valence-corrected chi connectivity index (χ1v) is 5.44. The highest BCUT2D eigenvalue weighted by Crippen LogP contribution is 2.22. The predicted octanol–water partition coefficient (Wildman–Crippen LogP) is -0.0772. The van der Waals surface area contributed by atoms with Crippen LogP contribution in [-0.4, -0.2) is 19.5 Å². The number of nitrogens with two attached hydrogens (primary N) is 2. The molecule has 0 heterocycles. The smallest absolute Gasteiger partial charge is 0.335 e. The highest BCUT2D eigenvalue weighted by atomic mass is 32.2. The number of carboxylic acid groups (broad SMARTS) is 1. The van der Waals surface area contributed by atoms with Gasteiger partial charge in [-0.2, -0.15) is 0 Å². The minimum atomic E-state index is -3.96. The third-order valence-electron chi connectivity index (χ3n) is 1.95. The summed E-state index contributed by atoms with van der Waals surface area (Å²) in [5.74, 6) is -1.26. The van der Waals surface area contributed by atoms with E-state index in [0.717, 1.165) is 6.07 Å². The second kappa shape index (κ2) is 3.52. The Kier molecular flexibility index (Phi) is 2.69. The minimum Gasteiger partial charge on any atom is -0.478 e. The second-order valence-electron chi connectivity index (χ2n) is 3.04. The summed E-state index contributed by atoms with van der Waals surface area (Å²) in [7, 11) is -3.96. The summed E-state index contributed by atoms with van der Waals surface area (Å²) in [6, 6.07) is 2.18. The number of nitrogen functional groups attached to an aromatic ring is 1. The van der Waals surface area contributed by atoms with Crippen LogP contribution in [0.1, 0.15) is 15.9 Å². The van der Waals surface area contributed by atoms with Crippen molar-refractivity contribution in [1.82, 2.24) is 0 Å². The number of rotatable bonds is 2. The molecule has 0 saturated heterocycles. The summed E-state index contributed by atoms with van der Waals surface area (Å²) in [6.07, 6.45) is 0. The molecule has 7 heteroatoms. The van der Waals surface area contributed by atoms with Gasteiger partial charge in [0.25, 0.3) is 0 Å². The average Bonchev–Trinajstić information content (AvgIpc) is 2.06. The van der Waals surface area contributed by atoms with Crippen molar-refractivity contribution in [2.24, 2.45) is 5.14 Å². The number of primary sulfonamides is 1. The Bertz CT molecular complexity index is 522. The number of carboxylic acids is 1. The van der Waals surface area contributed by atoms with Crippen molar-refractivity contribution < 1.29 is 18.3 Å². The van der Waals surface area contributed by atoms with Crippen molar-refractivity contribution in [1.29, 1.82) is 0 Å². The number of hydrogen-bond acceptors (Lipinski definition) is 4. The highest BCUT2D eigenvalue weighted by molar-refractivity contribution is 7.89. The van der Waals surface area contributed by atoms with Gasteiger partial charge in [0.2, 0.25) is 10.0 Å². The van der Waals surface area contributed by atoms with Crippen LogP contribution in [-0.2, 0) is 10.0 Å². The Morgan fingerprint density at radius 3 is 2.33 bits per heavy atom. The molecule has 0 aliphatic carbocycles. The monoisotopic (exact) mass is 230 g/mol. The summed E-state index contributed by atoms with van der Waals surface area (Å²) in [6.45, 7) is 1.46. The lowest BCUT2D eigenvalue weighted by atomic mass is 10.1. The van der Waals surface area contributed by atoms with Gasteiger partial charge < -0.3 is 10.8 Å². The summed E-state index contributed by atoms with van der Waals surface area (Å²) in [5.41, 5.74) is 5.60. The van der Waals surface area contributed by atoms with Gasteiger partial charge in [0, 0.05) is 5.69 Å². The fourth-order valence-corrected chi connectivity index (χ4v) is 1.96. The standard InChI is InChI=1S/C8H10N2O4S/c1-4-6(9)2-5(8(11)12)3-7(4)15(10,13)14/h2-3H,9H2,1H3,(H,11,12)(H2,10,13,14). The van der Waals surface area contributed by atoms with Crippen LogP contribution in [0, 0.1) is 6.92 Å². The number of carbonyl (C=O) groups is 1. The van der Waals surface area contributed by atoms with Gasteiger partial charge in [-0.3, -0.25) is 0 Å². The second-order valence-corrected chi connectivity index (χ2v) is 4.57. The molecule has 82 valence electrons. The third kappa shape index (κ3) is 2.25. The van der Waals surface area contributed by atoms with Crippen LogP contribution in [0.5, 0.6) is 0 Å². The molecule has 0 aliphatic rings. The Morgan fingerprint density at radius 1 is 1.40 bits per heavy atom. The van der Waals surface area contributed by atoms with E-state index in [0.29, 0.717) is 0 Å². The fourth-order valence-electron chi connectivity index (χ4n) is 1.13. The predicted molar refractivity (Wildman–Crippen MR) is 53.9 cm³/mol. The van der Waals surface area contributed by atoms with E-state index in [4.69, 9.17) is 16.0 Å². The van der Waals surface area contributed by atoms with E-state index < -0.39 is 16.0 Å².